The first kappa shape index (κ1) is 22.2. The minimum atomic E-state index is -0.479. The highest BCUT2D eigenvalue weighted by Gasteiger charge is 2.37. The van der Waals surface area contributed by atoms with Crippen LogP contribution in [0.5, 0.6) is 0 Å². The van der Waals surface area contributed by atoms with Crippen LogP contribution in [0.1, 0.15) is 22.2 Å². The summed E-state index contributed by atoms with van der Waals surface area (Å²) in [4.78, 5) is 54.5. The Morgan fingerprint density at radius 1 is 1.12 bits per heavy atom. The molecule has 166 valence electrons. The number of rotatable bonds is 5. The van der Waals surface area contributed by atoms with Gasteiger partial charge in [-0.15, -0.1) is 11.3 Å². The van der Waals surface area contributed by atoms with E-state index in [-0.39, 0.29) is 18.2 Å². The van der Waals surface area contributed by atoms with Crippen LogP contribution in [-0.2, 0) is 9.59 Å². The zero-order valence-electron chi connectivity index (χ0n) is 17.2. The Balaban J connectivity index is 1.35. The monoisotopic (exact) mass is 473 g/mol. The first-order valence-electron chi connectivity index (χ1n) is 9.95. The molecule has 32 heavy (non-hydrogen) atoms. The van der Waals surface area contributed by atoms with E-state index >= 15 is 0 Å². The van der Waals surface area contributed by atoms with Crippen LogP contribution in [0.4, 0.5) is 14.9 Å². The summed E-state index contributed by atoms with van der Waals surface area (Å²) in [6.07, 6.45) is 1.66. The van der Waals surface area contributed by atoms with Crippen molar-refractivity contribution in [1.82, 2.24) is 9.80 Å². The lowest BCUT2D eigenvalue weighted by Gasteiger charge is -2.36. The molecule has 2 aromatic rings. The maximum Gasteiger partial charge on any atom is 0.294 e. The van der Waals surface area contributed by atoms with Crippen molar-refractivity contribution in [3.05, 3.63) is 56.9 Å². The largest absolute Gasteiger partial charge is 0.366 e. The van der Waals surface area contributed by atoms with Crippen LogP contribution in [0.15, 0.2) is 40.6 Å². The quantitative estimate of drug-likeness (QED) is 0.489. The molecule has 0 saturated carbocycles. The highest BCUT2D eigenvalue weighted by molar-refractivity contribution is 8.18. The van der Waals surface area contributed by atoms with E-state index < -0.39 is 17.0 Å². The van der Waals surface area contributed by atoms with Gasteiger partial charge >= 0.3 is 0 Å². The summed E-state index contributed by atoms with van der Waals surface area (Å²) in [5, 5.41) is 1.42. The number of benzene rings is 1. The van der Waals surface area contributed by atoms with Crippen LogP contribution in [0, 0.1) is 5.82 Å². The molecular weight excluding hydrogens is 453 g/mol. The molecule has 4 rings (SSSR count). The molecule has 0 bridgehead atoms. The number of Topliss-reactive ketones (excluding diaryl/α,β-unsaturated/α-hetero) is 1. The Morgan fingerprint density at radius 3 is 2.50 bits per heavy atom. The molecule has 0 unspecified atom stereocenters. The fourth-order valence-corrected chi connectivity index (χ4v) is 5.11. The number of hydrogen-bond donors (Lipinski definition) is 0. The number of thiophene rings is 1. The SMILES string of the molecule is CC(=O)c1ccc(N2CCN(C(=O)CN3C(=O)S/C(=C\c4cccs4)C3=O)CC2)c(F)c1. The van der Waals surface area contributed by atoms with E-state index in [0.717, 1.165) is 21.5 Å². The molecule has 0 spiro atoms. The van der Waals surface area contributed by atoms with Crippen molar-refractivity contribution < 1.29 is 23.6 Å². The van der Waals surface area contributed by atoms with Crippen molar-refractivity contribution in [2.75, 3.05) is 37.6 Å². The summed E-state index contributed by atoms with van der Waals surface area (Å²) >= 11 is 2.29. The lowest BCUT2D eigenvalue weighted by Crippen LogP contribution is -2.51. The molecular formula is C22H20FN3O4S2. The average Bonchev–Trinajstić information content (AvgIpc) is 3.37. The number of halogens is 1. The molecule has 1 aromatic carbocycles. The van der Waals surface area contributed by atoms with Crippen LogP contribution in [0.3, 0.4) is 0 Å². The second-order valence-electron chi connectivity index (χ2n) is 7.37. The average molecular weight is 474 g/mol. The third-order valence-corrected chi connectivity index (χ3v) is 7.04. The predicted octanol–water partition coefficient (Wildman–Crippen LogP) is 3.47. The fraction of sp³-hybridized carbons (Fsp3) is 0.273. The van der Waals surface area contributed by atoms with Gasteiger partial charge in [-0.2, -0.15) is 0 Å². The van der Waals surface area contributed by atoms with Crippen molar-refractivity contribution in [1.29, 1.82) is 0 Å². The highest BCUT2D eigenvalue weighted by atomic mass is 32.2. The minimum Gasteiger partial charge on any atom is -0.366 e. The fourth-order valence-electron chi connectivity index (χ4n) is 3.55. The van der Waals surface area contributed by atoms with E-state index in [1.807, 2.05) is 22.4 Å². The van der Waals surface area contributed by atoms with Crippen molar-refractivity contribution in [3.63, 3.8) is 0 Å². The minimum absolute atomic E-state index is 0.205. The molecule has 0 atom stereocenters. The van der Waals surface area contributed by atoms with E-state index in [9.17, 15) is 23.6 Å². The second kappa shape index (κ2) is 9.25. The highest BCUT2D eigenvalue weighted by Crippen LogP contribution is 2.33. The van der Waals surface area contributed by atoms with Crippen LogP contribution in [-0.4, -0.2) is 65.4 Å². The van der Waals surface area contributed by atoms with Gasteiger partial charge < -0.3 is 9.80 Å². The maximum atomic E-state index is 14.4. The van der Waals surface area contributed by atoms with Gasteiger partial charge in [0.25, 0.3) is 11.1 Å². The molecule has 0 N–H and O–H groups in total. The number of amides is 3. The van der Waals surface area contributed by atoms with Crippen molar-refractivity contribution >= 4 is 57.7 Å². The van der Waals surface area contributed by atoms with E-state index in [1.165, 1.54) is 24.3 Å². The molecule has 0 radical (unpaired) electrons. The zero-order valence-corrected chi connectivity index (χ0v) is 18.9. The number of carbonyl (C=O) groups is 4. The molecule has 3 amide bonds. The number of piperazine rings is 1. The second-order valence-corrected chi connectivity index (χ2v) is 9.35. The number of thioether (sulfide) groups is 1. The first-order chi connectivity index (χ1) is 15.3. The van der Waals surface area contributed by atoms with Gasteiger partial charge in [0.15, 0.2) is 5.78 Å². The number of nitrogens with zero attached hydrogens (tertiary/aromatic N) is 3. The topological polar surface area (TPSA) is 78.0 Å². The van der Waals surface area contributed by atoms with Gasteiger partial charge in [-0.3, -0.25) is 24.1 Å². The van der Waals surface area contributed by atoms with Crippen molar-refractivity contribution in [3.8, 4) is 0 Å². The van der Waals surface area contributed by atoms with Gasteiger partial charge in [0.1, 0.15) is 12.4 Å². The third-order valence-electron chi connectivity index (χ3n) is 5.31. The number of ketones is 1. The Kier molecular flexibility index (Phi) is 6.43. The molecule has 3 heterocycles. The lowest BCUT2D eigenvalue weighted by atomic mass is 10.1. The van der Waals surface area contributed by atoms with Crippen molar-refractivity contribution in [2.24, 2.45) is 0 Å². The first-order valence-corrected chi connectivity index (χ1v) is 11.6. The Bertz CT molecular complexity index is 1110. The van der Waals surface area contributed by atoms with Gasteiger partial charge in [-0.05, 0) is 54.4 Å². The number of imide groups is 1. The third kappa shape index (κ3) is 4.61. The van der Waals surface area contributed by atoms with Crippen LogP contribution in [0.2, 0.25) is 0 Å². The van der Waals surface area contributed by atoms with E-state index in [4.69, 9.17) is 0 Å². The number of anilines is 1. The van der Waals surface area contributed by atoms with E-state index in [0.29, 0.717) is 42.3 Å². The Labute approximate surface area is 192 Å². The Hall–Kier alpha value is -2.98. The smallest absolute Gasteiger partial charge is 0.294 e. The van der Waals surface area contributed by atoms with Gasteiger partial charge in [-0.25, -0.2) is 4.39 Å². The molecule has 2 saturated heterocycles. The van der Waals surface area contributed by atoms with Gasteiger partial charge in [0, 0.05) is 36.6 Å². The van der Waals surface area contributed by atoms with Gasteiger partial charge in [0.05, 0.1) is 10.6 Å². The normalized spacial score (nSPS) is 18.1. The molecule has 2 aliphatic rings. The summed E-state index contributed by atoms with van der Waals surface area (Å²) in [6, 6.07) is 8.08. The summed E-state index contributed by atoms with van der Waals surface area (Å²) in [7, 11) is 0. The van der Waals surface area contributed by atoms with Gasteiger partial charge in [-0.1, -0.05) is 6.07 Å². The molecule has 0 aliphatic carbocycles. The van der Waals surface area contributed by atoms with E-state index in [2.05, 4.69) is 0 Å². The van der Waals surface area contributed by atoms with Crippen LogP contribution in [0.25, 0.3) is 6.08 Å². The summed E-state index contributed by atoms with van der Waals surface area (Å²) in [6.45, 7) is 2.56. The molecule has 10 heteroatoms. The summed E-state index contributed by atoms with van der Waals surface area (Å²) in [5.74, 6) is -1.47. The summed E-state index contributed by atoms with van der Waals surface area (Å²) < 4.78 is 14.4. The predicted molar refractivity (Wildman–Crippen MR) is 122 cm³/mol. The lowest BCUT2D eigenvalue weighted by molar-refractivity contribution is -0.136. The molecule has 1 aromatic heterocycles. The summed E-state index contributed by atoms with van der Waals surface area (Å²) in [5.41, 5.74) is 0.692. The van der Waals surface area contributed by atoms with Crippen molar-refractivity contribution in [2.45, 2.75) is 6.92 Å². The van der Waals surface area contributed by atoms with Crippen LogP contribution >= 0.6 is 23.1 Å². The molecule has 2 aliphatic heterocycles. The van der Waals surface area contributed by atoms with E-state index in [1.54, 1.807) is 23.1 Å². The maximum absolute atomic E-state index is 14.4. The standard InChI is InChI=1S/C22H20FN3O4S2/c1-14(27)15-4-5-18(17(23)11-15)24-6-8-25(9-7-24)20(28)13-26-21(29)19(32-22(26)30)12-16-3-2-10-31-16/h2-5,10-12H,6-9,13H2,1H3/b19-12-. The van der Waals surface area contributed by atoms with Crippen LogP contribution < -0.4 is 4.90 Å². The molecule has 7 nitrogen and oxygen atoms in total. The number of hydrogen-bond acceptors (Lipinski definition) is 7. The van der Waals surface area contributed by atoms with Gasteiger partial charge in [0.2, 0.25) is 5.91 Å². The zero-order chi connectivity index (χ0) is 22.8. The number of carbonyl (C=O) groups excluding carboxylic acids is 4. The molecule has 2 fully saturated rings. The Morgan fingerprint density at radius 2 is 1.88 bits per heavy atom.